The van der Waals surface area contributed by atoms with E-state index in [9.17, 15) is 4.79 Å². The van der Waals surface area contributed by atoms with Gasteiger partial charge in [-0.25, -0.2) is 9.97 Å². The first-order chi connectivity index (χ1) is 7.74. The Hall–Kier alpha value is -1.40. The second kappa shape index (κ2) is 5.09. The molecule has 82 valence electrons. The highest BCUT2D eigenvalue weighted by molar-refractivity contribution is 8.01. The molecule has 2 rings (SSSR count). The van der Waals surface area contributed by atoms with E-state index in [1.54, 1.807) is 12.4 Å². The normalized spacial score (nSPS) is 10.1. The molecule has 0 spiro atoms. The van der Waals surface area contributed by atoms with Gasteiger partial charge in [0.2, 0.25) is 5.91 Å². The molecule has 0 saturated heterocycles. The first-order valence-electron chi connectivity index (χ1n) is 4.56. The molecule has 0 aromatic carbocycles. The van der Waals surface area contributed by atoms with Gasteiger partial charge in [0.25, 0.3) is 0 Å². The lowest BCUT2D eigenvalue weighted by molar-refractivity contribution is -0.114. The van der Waals surface area contributed by atoms with Gasteiger partial charge in [-0.2, -0.15) is 0 Å². The summed E-state index contributed by atoms with van der Waals surface area (Å²) in [5.74, 6) is -0.108. The number of amides is 1. The van der Waals surface area contributed by atoms with Gasteiger partial charge in [0.05, 0.1) is 10.4 Å². The third-order valence-corrected chi connectivity index (χ3v) is 3.57. The molecule has 2 aromatic rings. The molecule has 2 aromatic heterocycles. The van der Waals surface area contributed by atoms with E-state index >= 15 is 0 Å². The standard InChI is InChI=1S/C10H9N3OS2/c1-7(14)13-10-12-6-9(16-10)15-8-4-2-3-5-11-8/h2-6H,1H3,(H,12,13,14). The number of hydrogen-bond donors (Lipinski definition) is 1. The van der Waals surface area contributed by atoms with Gasteiger partial charge in [-0.15, -0.1) is 0 Å². The predicted molar refractivity (Wildman–Crippen MR) is 64.8 cm³/mol. The number of rotatable bonds is 3. The van der Waals surface area contributed by atoms with Crippen LogP contribution in [-0.4, -0.2) is 15.9 Å². The first-order valence-corrected chi connectivity index (χ1v) is 6.19. The van der Waals surface area contributed by atoms with Crippen molar-refractivity contribution in [2.45, 2.75) is 16.2 Å². The van der Waals surface area contributed by atoms with E-state index in [-0.39, 0.29) is 5.91 Å². The Balaban J connectivity index is 2.06. The molecule has 0 bridgehead atoms. The summed E-state index contributed by atoms with van der Waals surface area (Å²) in [4.78, 5) is 19.1. The summed E-state index contributed by atoms with van der Waals surface area (Å²) in [6.45, 7) is 1.47. The molecule has 2 heterocycles. The minimum Gasteiger partial charge on any atom is -0.302 e. The minimum atomic E-state index is -0.108. The van der Waals surface area contributed by atoms with Crippen molar-refractivity contribution in [1.82, 2.24) is 9.97 Å². The summed E-state index contributed by atoms with van der Waals surface area (Å²) in [6, 6.07) is 5.74. The number of thiazole rings is 1. The van der Waals surface area contributed by atoms with Gasteiger partial charge in [0, 0.05) is 13.1 Å². The zero-order valence-electron chi connectivity index (χ0n) is 8.51. The quantitative estimate of drug-likeness (QED) is 0.911. The fourth-order valence-corrected chi connectivity index (χ4v) is 2.85. The maximum Gasteiger partial charge on any atom is 0.223 e. The smallest absolute Gasteiger partial charge is 0.223 e. The number of pyridine rings is 1. The lowest BCUT2D eigenvalue weighted by atomic mass is 10.5. The van der Waals surface area contributed by atoms with Crippen molar-refractivity contribution in [3.05, 3.63) is 30.6 Å². The summed E-state index contributed by atoms with van der Waals surface area (Å²) >= 11 is 2.97. The SMILES string of the molecule is CC(=O)Nc1ncc(Sc2ccccn2)s1. The topological polar surface area (TPSA) is 54.9 Å². The lowest BCUT2D eigenvalue weighted by Gasteiger charge is -1.95. The maximum atomic E-state index is 10.8. The number of carbonyl (C=O) groups is 1. The summed E-state index contributed by atoms with van der Waals surface area (Å²) in [7, 11) is 0. The Bertz CT molecular complexity index is 484. The van der Waals surface area contributed by atoms with Crippen LogP contribution in [0.3, 0.4) is 0 Å². The average molecular weight is 251 g/mol. The number of aromatic nitrogens is 2. The van der Waals surface area contributed by atoms with Crippen molar-refractivity contribution in [3.8, 4) is 0 Å². The Morgan fingerprint density at radius 2 is 2.31 bits per heavy atom. The highest BCUT2D eigenvalue weighted by Gasteiger charge is 2.05. The molecule has 1 amide bonds. The predicted octanol–water partition coefficient (Wildman–Crippen LogP) is 2.65. The van der Waals surface area contributed by atoms with Crippen LogP contribution >= 0.6 is 23.1 Å². The van der Waals surface area contributed by atoms with Crippen LogP contribution in [0.5, 0.6) is 0 Å². The molecule has 0 aliphatic heterocycles. The molecule has 1 N–H and O–H groups in total. The van der Waals surface area contributed by atoms with Gasteiger partial charge in [-0.05, 0) is 12.1 Å². The van der Waals surface area contributed by atoms with E-state index in [1.165, 1.54) is 30.0 Å². The molecule has 0 fully saturated rings. The molecule has 0 radical (unpaired) electrons. The fraction of sp³-hybridized carbons (Fsp3) is 0.100. The molecule has 4 nitrogen and oxygen atoms in total. The summed E-state index contributed by atoms with van der Waals surface area (Å²) in [5.41, 5.74) is 0. The second-order valence-corrected chi connectivity index (χ2v) is 5.29. The van der Waals surface area contributed by atoms with Gasteiger partial charge in [0.1, 0.15) is 5.03 Å². The van der Waals surface area contributed by atoms with Crippen molar-refractivity contribution >= 4 is 34.1 Å². The van der Waals surface area contributed by atoms with E-state index in [2.05, 4.69) is 15.3 Å². The van der Waals surface area contributed by atoms with E-state index in [0.717, 1.165) is 9.24 Å². The van der Waals surface area contributed by atoms with Gasteiger partial charge in [-0.1, -0.05) is 29.2 Å². The molecule has 0 atom stereocenters. The Labute approximate surface area is 101 Å². The Morgan fingerprint density at radius 1 is 1.44 bits per heavy atom. The Kier molecular flexibility index (Phi) is 3.53. The molecule has 0 aliphatic carbocycles. The summed E-state index contributed by atoms with van der Waals surface area (Å²) in [5, 5.41) is 4.18. The zero-order valence-corrected chi connectivity index (χ0v) is 10.1. The highest BCUT2D eigenvalue weighted by atomic mass is 32.2. The number of nitrogens with one attached hydrogen (secondary N) is 1. The van der Waals surface area contributed by atoms with Crippen LogP contribution in [0.1, 0.15) is 6.92 Å². The van der Waals surface area contributed by atoms with Crippen LogP contribution in [0.2, 0.25) is 0 Å². The van der Waals surface area contributed by atoms with Crippen molar-refractivity contribution in [1.29, 1.82) is 0 Å². The van der Waals surface area contributed by atoms with Gasteiger partial charge >= 0.3 is 0 Å². The van der Waals surface area contributed by atoms with E-state index in [0.29, 0.717) is 5.13 Å². The number of carbonyl (C=O) groups excluding carboxylic acids is 1. The lowest BCUT2D eigenvalue weighted by Crippen LogP contribution is -2.04. The third kappa shape index (κ3) is 3.04. The fourth-order valence-electron chi connectivity index (χ4n) is 1.03. The monoisotopic (exact) mass is 251 g/mol. The molecule has 0 aliphatic rings. The molecular weight excluding hydrogens is 242 g/mol. The second-order valence-electron chi connectivity index (χ2n) is 2.94. The van der Waals surface area contributed by atoms with Crippen LogP contribution < -0.4 is 5.32 Å². The molecular formula is C10H9N3OS2. The molecule has 6 heteroatoms. The third-order valence-electron chi connectivity index (χ3n) is 1.61. The van der Waals surface area contributed by atoms with Crippen LogP contribution in [-0.2, 0) is 4.79 Å². The van der Waals surface area contributed by atoms with Gasteiger partial charge in [0.15, 0.2) is 5.13 Å². The molecule has 0 saturated carbocycles. The van der Waals surface area contributed by atoms with Crippen molar-refractivity contribution in [2.75, 3.05) is 5.32 Å². The van der Waals surface area contributed by atoms with Crippen molar-refractivity contribution in [3.63, 3.8) is 0 Å². The summed E-state index contributed by atoms with van der Waals surface area (Å²) < 4.78 is 1.00. The van der Waals surface area contributed by atoms with Crippen LogP contribution in [0.15, 0.2) is 39.8 Å². The van der Waals surface area contributed by atoms with Gasteiger partial charge < -0.3 is 5.32 Å². The first kappa shape index (κ1) is 11.1. The van der Waals surface area contributed by atoms with Crippen molar-refractivity contribution < 1.29 is 4.79 Å². The molecule has 16 heavy (non-hydrogen) atoms. The minimum absolute atomic E-state index is 0.108. The maximum absolute atomic E-state index is 10.8. The average Bonchev–Trinajstić information content (AvgIpc) is 2.66. The van der Waals surface area contributed by atoms with Crippen LogP contribution in [0, 0.1) is 0 Å². The summed E-state index contributed by atoms with van der Waals surface area (Å²) in [6.07, 6.45) is 3.48. The van der Waals surface area contributed by atoms with E-state index in [1.807, 2.05) is 18.2 Å². The number of anilines is 1. The van der Waals surface area contributed by atoms with Crippen molar-refractivity contribution in [2.24, 2.45) is 0 Å². The molecule has 0 unspecified atom stereocenters. The van der Waals surface area contributed by atoms with E-state index < -0.39 is 0 Å². The van der Waals surface area contributed by atoms with E-state index in [4.69, 9.17) is 0 Å². The van der Waals surface area contributed by atoms with Gasteiger partial charge in [-0.3, -0.25) is 4.79 Å². The van der Waals surface area contributed by atoms with Crippen LogP contribution in [0.25, 0.3) is 0 Å². The number of nitrogens with zero attached hydrogens (tertiary/aromatic N) is 2. The highest BCUT2D eigenvalue weighted by Crippen LogP contribution is 2.32. The van der Waals surface area contributed by atoms with Crippen LogP contribution in [0.4, 0.5) is 5.13 Å². The Morgan fingerprint density at radius 3 is 3.00 bits per heavy atom. The largest absolute Gasteiger partial charge is 0.302 e. The number of hydrogen-bond acceptors (Lipinski definition) is 5. The zero-order chi connectivity index (χ0) is 11.4.